The van der Waals surface area contributed by atoms with Crippen LogP contribution in [0.2, 0.25) is 0 Å². The second kappa shape index (κ2) is 6.17. The first-order valence-electron chi connectivity index (χ1n) is 6.75. The molecule has 0 aromatic heterocycles. The van der Waals surface area contributed by atoms with Gasteiger partial charge in [0.05, 0.1) is 5.69 Å². The Balaban J connectivity index is 2.24. The van der Waals surface area contributed by atoms with Gasteiger partial charge in [-0.3, -0.25) is 4.90 Å². The summed E-state index contributed by atoms with van der Waals surface area (Å²) in [7, 11) is 0. The van der Waals surface area contributed by atoms with Gasteiger partial charge in [-0.15, -0.1) is 0 Å². The minimum atomic E-state index is -0.267. The van der Waals surface area contributed by atoms with Gasteiger partial charge in [0.1, 0.15) is 5.75 Å². The highest BCUT2D eigenvalue weighted by Crippen LogP contribution is 2.25. The molecule has 0 fully saturated rings. The average molecular weight is 285 g/mol. The number of nitrogens with two attached hydrogens (primary N) is 1. The molecule has 0 saturated heterocycles. The molecule has 4 N–H and O–H groups in total. The van der Waals surface area contributed by atoms with Crippen molar-refractivity contribution < 1.29 is 9.90 Å². The first-order chi connectivity index (χ1) is 10.0. The Hall–Kier alpha value is -2.69. The summed E-state index contributed by atoms with van der Waals surface area (Å²) in [5, 5.41) is 12.4. The van der Waals surface area contributed by atoms with E-state index >= 15 is 0 Å². The molecule has 2 aromatic rings. The third kappa shape index (κ3) is 3.45. The molecule has 5 nitrogen and oxygen atoms in total. The smallest absolute Gasteiger partial charge is 0.326 e. The van der Waals surface area contributed by atoms with Gasteiger partial charge in [0.25, 0.3) is 0 Å². The summed E-state index contributed by atoms with van der Waals surface area (Å²) in [6.45, 7) is 4.26. The molecule has 0 radical (unpaired) electrons. The molecule has 21 heavy (non-hydrogen) atoms. The van der Waals surface area contributed by atoms with Crippen molar-refractivity contribution >= 4 is 23.1 Å². The lowest BCUT2D eigenvalue weighted by molar-refractivity contribution is 0.257. The number of nitrogens with zero attached hydrogens (tertiary/aromatic N) is 1. The summed E-state index contributed by atoms with van der Waals surface area (Å²) < 4.78 is 0. The van der Waals surface area contributed by atoms with Gasteiger partial charge in [-0.2, -0.15) is 0 Å². The third-order valence-electron chi connectivity index (χ3n) is 3.18. The van der Waals surface area contributed by atoms with Crippen molar-refractivity contribution in [2.45, 2.75) is 13.8 Å². The monoisotopic (exact) mass is 285 g/mol. The normalized spacial score (nSPS) is 10.2. The highest BCUT2D eigenvalue weighted by molar-refractivity contribution is 6.02. The molecule has 0 heterocycles. The number of rotatable bonds is 3. The number of amides is 2. The zero-order valence-corrected chi connectivity index (χ0v) is 12.1. The number of carbonyl (C=O) groups is 1. The molecule has 0 bridgehead atoms. The van der Waals surface area contributed by atoms with Crippen molar-refractivity contribution in [3.05, 3.63) is 48.0 Å². The van der Waals surface area contributed by atoms with Crippen molar-refractivity contribution in [3.8, 4) is 5.75 Å². The molecule has 110 valence electrons. The average Bonchev–Trinajstić information content (AvgIpc) is 2.43. The predicted molar refractivity (Wildman–Crippen MR) is 85.7 cm³/mol. The highest BCUT2D eigenvalue weighted by atomic mass is 16.3. The minimum absolute atomic E-state index is 0.130. The summed E-state index contributed by atoms with van der Waals surface area (Å²) in [5.41, 5.74) is 8.52. The third-order valence-corrected chi connectivity index (χ3v) is 3.18. The van der Waals surface area contributed by atoms with Crippen LogP contribution in [-0.2, 0) is 0 Å². The van der Waals surface area contributed by atoms with E-state index in [0.29, 0.717) is 23.6 Å². The number of aromatic hydroxyl groups is 1. The standard InChI is InChI=1S/C16H19N3O2/c1-3-19(15-10-14(20)8-7-11(15)2)16(21)18-13-6-4-5-12(17)9-13/h4-10,20H,3,17H2,1-2H3,(H,18,21). The van der Waals surface area contributed by atoms with Gasteiger partial charge >= 0.3 is 6.03 Å². The molecule has 0 atom stereocenters. The fourth-order valence-corrected chi connectivity index (χ4v) is 2.12. The van der Waals surface area contributed by atoms with Gasteiger partial charge in [0.15, 0.2) is 0 Å². The zero-order chi connectivity index (χ0) is 15.4. The van der Waals surface area contributed by atoms with Gasteiger partial charge in [0.2, 0.25) is 0 Å². The summed E-state index contributed by atoms with van der Waals surface area (Å²) >= 11 is 0. The van der Waals surface area contributed by atoms with Crippen molar-refractivity contribution in [3.63, 3.8) is 0 Å². The Morgan fingerprint density at radius 3 is 2.71 bits per heavy atom. The van der Waals surface area contributed by atoms with Crippen LogP contribution in [0.3, 0.4) is 0 Å². The predicted octanol–water partition coefficient (Wildman–Crippen LogP) is 3.34. The number of urea groups is 1. The summed E-state index contributed by atoms with van der Waals surface area (Å²) in [4.78, 5) is 14.0. The number of anilines is 3. The van der Waals surface area contributed by atoms with Crippen molar-refractivity contribution in [2.24, 2.45) is 0 Å². The number of phenols is 1. The SMILES string of the molecule is CCN(C(=O)Nc1cccc(N)c1)c1cc(O)ccc1C. The van der Waals surface area contributed by atoms with Crippen molar-refractivity contribution in [1.82, 2.24) is 0 Å². The number of aryl methyl sites for hydroxylation is 1. The summed E-state index contributed by atoms with van der Waals surface area (Å²) in [5.74, 6) is 0.130. The maximum Gasteiger partial charge on any atom is 0.326 e. The Morgan fingerprint density at radius 1 is 1.29 bits per heavy atom. The van der Waals surface area contributed by atoms with Crippen LogP contribution in [0.1, 0.15) is 12.5 Å². The number of nitrogens with one attached hydrogen (secondary N) is 1. The Morgan fingerprint density at radius 2 is 2.05 bits per heavy atom. The fraction of sp³-hybridized carbons (Fsp3) is 0.188. The number of hydrogen-bond donors (Lipinski definition) is 3. The second-order valence-electron chi connectivity index (χ2n) is 4.77. The van der Waals surface area contributed by atoms with E-state index in [1.165, 1.54) is 0 Å². The van der Waals surface area contributed by atoms with Crippen LogP contribution in [0, 0.1) is 6.92 Å². The molecule has 2 aromatic carbocycles. The number of nitrogen functional groups attached to an aromatic ring is 1. The van der Waals surface area contributed by atoms with E-state index < -0.39 is 0 Å². The minimum Gasteiger partial charge on any atom is -0.508 e. The molecule has 0 aliphatic carbocycles. The van der Waals surface area contributed by atoms with Gasteiger partial charge in [-0.25, -0.2) is 4.79 Å². The van der Waals surface area contributed by atoms with E-state index in [-0.39, 0.29) is 11.8 Å². The molecular formula is C16H19N3O2. The molecule has 0 spiro atoms. The van der Waals surface area contributed by atoms with Crippen molar-refractivity contribution in [2.75, 3.05) is 22.5 Å². The van der Waals surface area contributed by atoms with Gasteiger partial charge in [0, 0.05) is 24.0 Å². The number of benzene rings is 2. The fourth-order valence-electron chi connectivity index (χ4n) is 2.12. The highest BCUT2D eigenvalue weighted by Gasteiger charge is 2.16. The molecule has 5 heteroatoms. The number of phenolic OH excluding ortho intramolecular Hbond substituents is 1. The quantitative estimate of drug-likeness (QED) is 0.757. The van der Waals surface area contributed by atoms with Crippen LogP contribution in [0.25, 0.3) is 0 Å². The molecular weight excluding hydrogens is 266 g/mol. The molecule has 2 rings (SSSR count). The number of hydrogen-bond acceptors (Lipinski definition) is 3. The van der Waals surface area contributed by atoms with Crippen LogP contribution in [0.5, 0.6) is 5.75 Å². The molecule has 0 aliphatic rings. The lowest BCUT2D eigenvalue weighted by Crippen LogP contribution is -2.35. The maximum atomic E-state index is 12.4. The second-order valence-corrected chi connectivity index (χ2v) is 4.77. The summed E-state index contributed by atoms with van der Waals surface area (Å²) in [6, 6.07) is 11.7. The Labute approximate surface area is 124 Å². The molecule has 0 saturated carbocycles. The maximum absolute atomic E-state index is 12.4. The largest absolute Gasteiger partial charge is 0.508 e. The molecule has 2 amide bonds. The van der Waals surface area contributed by atoms with Crippen LogP contribution >= 0.6 is 0 Å². The summed E-state index contributed by atoms with van der Waals surface area (Å²) in [6.07, 6.45) is 0. The van der Waals surface area contributed by atoms with Gasteiger partial charge < -0.3 is 16.2 Å². The first-order valence-corrected chi connectivity index (χ1v) is 6.75. The van der Waals surface area contributed by atoms with E-state index in [9.17, 15) is 9.90 Å². The Kier molecular flexibility index (Phi) is 4.33. The van der Waals surface area contributed by atoms with Crippen LogP contribution in [-0.4, -0.2) is 17.7 Å². The molecule has 0 unspecified atom stereocenters. The number of carbonyl (C=O) groups excluding carboxylic acids is 1. The van der Waals surface area contributed by atoms with E-state index in [0.717, 1.165) is 5.56 Å². The van der Waals surface area contributed by atoms with Crippen molar-refractivity contribution in [1.29, 1.82) is 0 Å². The van der Waals surface area contributed by atoms with E-state index in [2.05, 4.69) is 5.32 Å². The topological polar surface area (TPSA) is 78.6 Å². The lowest BCUT2D eigenvalue weighted by atomic mass is 10.1. The van der Waals surface area contributed by atoms with E-state index in [1.54, 1.807) is 47.4 Å². The van der Waals surface area contributed by atoms with Crippen LogP contribution in [0.4, 0.5) is 21.9 Å². The van der Waals surface area contributed by atoms with E-state index in [4.69, 9.17) is 5.73 Å². The Bertz CT molecular complexity index is 656. The van der Waals surface area contributed by atoms with Crippen LogP contribution in [0.15, 0.2) is 42.5 Å². The lowest BCUT2D eigenvalue weighted by Gasteiger charge is -2.23. The van der Waals surface area contributed by atoms with Gasteiger partial charge in [-0.1, -0.05) is 12.1 Å². The van der Waals surface area contributed by atoms with E-state index in [1.807, 2.05) is 13.8 Å². The van der Waals surface area contributed by atoms with Crippen LogP contribution < -0.4 is 16.0 Å². The first kappa shape index (κ1) is 14.7. The zero-order valence-electron chi connectivity index (χ0n) is 12.1. The molecule has 0 aliphatic heterocycles. The van der Waals surface area contributed by atoms with Gasteiger partial charge in [-0.05, 0) is 43.7 Å².